The first-order chi connectivity index (χ1) is 10.2. The molecular weight excluding hydrogens is 328 g/mol. The molecule has 0 fully saturated rings. The Hall–Kier alpha value is -0.311. The number of carbonyl (C=O) groups is 1. The summed E-state index contributed by atoms with van der Waals surface area (Å²) >= 11 is 0. The van der Waals surface area contributed by atoms with Gasteiger partial charge in [0.25, 0.3) is 0 Å². The molecule has 22 heavy (non-hydrogen) atoms. The Balaban J connectivity index is 0. The van der Waals surface area contributed by atoms with Gasteiger partial charge in [-0.15, -0.1) is 0 Å². The van der Waals surface area contributed by atoms with Gasteiger partial charge in [-0.2, -0.15) is 0 Å². The third kappa shape index (κ3) is 19.7. The molecule has 1 radical (unpaired) electrons. The minimum Gasteiger partial charge on any atom is -0.481 e. The maximum Gasteiger partial charge on any atom is 0.303 e. The first-order valence-corrected chi connectivity index (χ1v) is 8.71. The van der Waals surface area contributed by atoms with Crippen molar-refractivity contribution in [2.45, 2.75) is 96.5 Å². The standard InChI is InChI=1S/C18H34O3.Cu/c1-2-3-4-11-14-17(19)15-12-9-7-5-6-8-10-13-16-18(20)21;/h9,12,17,19H,2-8,10-11,13-16H2,1H3,(H,20,21);/b12-9-;. The molecule has 1 atom stereocenters. The molecule has 0 saturated heterocycles. The van der Waals surface area contributed by atoms with Gasteiger partial charge in [0.05, 0.1) is 6.10 Å². The van der Waals surface area contributed by atoms with Crippen molar-refractivity contribution in [3.63, 3.8) is 0 Å². The fraction of sp³-hybridized carbons (Fsp3) is 0.833. The normalized spacial score (nSPS) is 12.3. The van der Waals surface area contributed by atoms with Crippen molar-refractivity contribution in [2.75, 3.05) is 0 Å². The number of carboxylic acids is 1. The maximum atomic E-state index is 10.3. The molecule has 0 spiro atoms. The zero-order chi connectivity index (χ0) is 15.8. The van der Waals surface area contributed by atoms with E-state index in [1.807, 2.05) is 0 Å². The first-order valence-electron chi connectivity index (χ1n) is 8.71. The summed E-state index contributed by atoms with van der Waals surface area (Å²) in [6.45, 7) is 2.20. The Morgan fingerprint density at radius 1 is 0.955 bits per heavy atom. The van der Waals surface area contributed by atoms with Crippen LogP contribution in [-0.2, 0) is 21.9 Å². The quantitative estimate of drug-likeness (QED) is 0.243. The minimum atomic E-state index is -0.689. The largest absolute Gasteiger partial charge is 0.481 e. The SMILES string of the molecule is CCCCCCC(O)C/C=C\CCCCCCCC(=O)O.[Cu]. The molecule has 0 aliphatic heterocycles. The second-order valence-corrected chi connectivity index (χ2v) is 5.91. The van der Waals surface area contributed by atoms with Crippen molar-refractivity contribution in [1.29, 1.82) is 0 Å². The van der Waals surface area contributed by atoms with E-state index in [1.165, 1.54) is 25.7 Å². The van der Waals surface area contributed by atoms with Crippen molar-refractivity contribution < 1.29 is 32.1 Å². The van der Waals surface area contributed by atoms with Crippen LogP contribution < -0.4 is 0 Å². The number of hydrogen-bond donors (Lipinski definition) is 2. The number of aliphatic carboxylic acids is 1. The van der Waals surface area contributed by atoms with Crippen LogP contribution >= 0.6 is 0 Å². The fourth-order valence-corrected chi connectivity index (χ4v) is 2.36. The molecular formula is C18H34CuO3. The summed E-state index contributed by atoms with van der Waals surface area (Å²) in [6.07, 6.45) is 17.4. The van der Waals surface area contributed by atoms with Gasteiger partial charge in [0.15, 0.2) is 0 Å². The van der Waals surface area contributed by atoms with E-state index in [-0.39, 0.29) is 23.2 Å². The van der Waals surface area contributed by atoms with Crippen LogP contribution in [0.25, 0.3) is 0 Å². The maximum absolute atomic E-state index is 10.3. The average Bonchev–Trinajstić information content (AvgIpc) is 2.45. The summed E-state index contributed by atoms with van der Waals surface area (Å²) < 4.78 is 0. The molecule has 0 bridgehead atoms. The molecule has 0 amide bonds. The predicted molar refractivity (Wildman–Crippen MR) is 88.5 cm³/mol. The van der Waals surface area contributed by atoms with Gasteiger partial charge in [-0.25, -0.2) is 0 Å². The third-order valence-corrected chi connectivity index (χ3v) is 3.73. The molecule has 135 valence electrons. The number of rotatable bonds is 15. The molecule has 0 aliphatic rings. The summed E-state index contributed by atoms with van der Waals surface area (Å²) in [4.78, 5) is 10.3. The van der Waals surface area contributed by atoms with E-state index >= 15 is 0 Å². The zero-order valence-corrected chi connectivity index (χ0v) is 15.0. The van der Waals surface area contributed by atoms with Gasteiger partial charge in [-0.05, 0) is 32.1 Å². The first kappa shape index (κ1) is 23.9. The summed E-state index contributed by atoms with van der Waals surface area (Å²) in [5.41, 5.74) is 0. The molecule has 3 nitrogen and oxygen atoms in total. The Bertz CT molecular complexity index is 267. The average molecular weight is 362 g/mol. The molecule has 0 saturated carbocycles. The summed E-state index contributed by atoms with van der Waals surface area (Å²) in [5.74, 6) is -0.689. The molecule has 1 unspecified atom stereocenters. The van der Waals surface area contributed by atoms with Gasteiger partial charge < -0.3 is 10.2 Å². The number of carboxylic acid groups (broad SMARTS) is 1. The molecule has 0 aliphatic carbocycles. The summed E-state index contributed by atoms with van der Waals surface area (Å²) in [5, 5.41) is 18.3. The molecule has 0 aromatic carbocycles. The van der Waals surface area contributed by atoms with Crippen molar-refractivity contribution in [2.24, 2.45) is 0 Å². The molecule has 0 aromatic rings. The van der Waals surface area contributed by atoms with E-state index in [4.69, 9.17) is 5.11 Å². The smallest absolute Gasteiger partial charge is 0.303 e. The number of unbranched alkanes of at least 4 members (excludes halogenated alkanes) is 8. The number of aliphatic hydroxyl groups is 1. The van der Waals surface area contributed by atoms with Gasteiger partial charge >= 0.3 is 5.97 Å². The topological polar surface area (TPSA) is 57.5 Å². The number of aliphatic hydroxyl groups excluding tert-OH is 1. The Morgan fingerprint density at radius 3 is 2.27 bits per heavy atom. The van der Waals surface area contributed by atoms with Crippen LogP contribution in [0.1, 0.15) is 90.4 Å². The van der Waals surface area contributed by atoms with E-state index in [9.17, 15) is 9.90 Å². The van der Waals surface area contributed by atoms with Crippen molar-refractivity contribution in [3.8, 4) is 0 Å². The number of hydrogen-bond acceptors (Lipinski definition) is 2. The van der Waals surface area contributed by atoms with Crippen molar-refractivity contribution in [3.05, 3.63) is 12.2 Å². The van der Waals surface area contributed by atoms with Crippen LogP contribution in [0.2, 0.25) is 0 Å². The van der Waals surface area contributed by atoms with E-state index in [0.29, 0.717) is 6.42 Å². The van der Waals surface area contributed by atoms with Crippen molar-refractivity contribution >= 4 is 5.97 Å². The van der Waals surface area contributed by atoms with E-state index in [2.05, 4.69) is 19.1 Å². The summed E-state index contributed by atoms with van der Waals surface area (Å²) in [7, 11) is 0. The second kappa shape index (κ2) is 18.7. The predicted octanol–water partition coefficient (Wildman–Crippen LogP) is 5.08. The van der Waals surface area contributed by atoms with E-state index in [1.54, 1.807) is 0 Å². The van der Waals surface area contributed by atoms with Crippen LogP contribution in [-0.4, -0.2) is 22.3 Å². The third-order valence-electron chi connectivity index (χ3n) is 3.73. The van der Waals surface area contributed by atoms with E-state index < -0.39 is 5.97 Å². The monoisotopic (exact) mass is 361 g/mol. The molecule has 0 heterocycles. The Morgan fingerprint density at radius 2 is 1.59 bits per heavy atom. The van der Waals surface area contributed by atoms with Crippen molar-refractivity contribution in [1.82, 2.24) is 0 Å². The molecule has 2 N–H and O–H groups in total. The second-order valence-electron chi connectivity index (χ2n) is 5.91. The van der Waals surface area contributed by atoms with Gasteiger partial charge in [-0.3, -0.25) is 4.79 Å². The van der Waals surface area contributed by atoms with Crippen LogP contribution in [0, 0.1) is 0 Å². The van der Waals surface area contributed by atoms with Crippen LogP contribution in [0.15, 0.2) is 12.2 Å². The van der Waals surface area contributed by atoms with Gasteiger partial charge in [0.2, 0.25) is 0 Å². The Kier molecular flexibility index (Phi) is 20.4. The van der Waals surface area contributed by atoms with Crippen LogP contribution in [0.4, 0.5) is 0 Å². The molecule has 0 aromatic heterocycles. The van der Waals surface area contributed by atoms with Crippen LogP contribution in [0.3, 0.4) is 0 Å². The fourth-order valence-electron chi connectivity index (χ4n) is 2.36. The summed E-state index contributed by atoms with van der Waals surface area (Å²) in [6, 6.07) is 0. The molecule has 0 rings (SSSR count). The van der Waals surface area contributed by atoms with E-state index in [0.717, 1.165) is 51.4 Å². The minimum absolute atomic E-state index is 0. The number of allylic oxidation sites excluding steroid dienone is 1. The zero-order valence-electron chi connectivity index (χ0n) is 14.0. The Labute approximate surface area is 147 Å². The molecule has 4 heteroatoms. The van der Waals surface area contributed by atoms with Gasteiger partial charge in [0.1, 0.15) is 0 Å². The van der Waals surface area contributed by atoms with Crippen LogP contribution in [0.5, 0.6) is 0 Å². The van der Waals surface area contributed by atoms with Gasteiger partial charge in [-0.1, -0.05) is 64.0 Å². The van der Waals surface area contributed by atoms with Gasteiger partial charge in [0, 0.05) is 23.5 Å².